The van der Waals surface area contributed by atoms with Crippen molar-refractivity contribution in [3.8, 4) is 17.0 Å². The fourth-order valence-corrected chi connectivity index (χ4v) is 4.37. The average Bonchev–Trinajstić information content (AvgIpc) is 3.42. The maximum Gasteiger partial charge on any atom is 0.420 e. The maximum atomic E-state index is 12.8. The molecule has 0 bridgehead atoms. The van der Waals surface area contributed by atoms with E-state index in [-0.39, 0.29) is 23.6 Å². The van der Waals surface area contributed by atoms with Crippen molar-refractivity contribution >= 4 is 22.8 Å². The number of hydrogen-bond acceptors (Lipinski definition) is 6. The van der Waals surface area contributed by atoms with Crippen molar-refractivity contribution in [1.82, 2.24) is 19.7 Å². The van der Waals surface area contributed by atoms with Crippen LogP contribution in [-0.2, 0) is 4.79 Å². The third-order valence-corrected chi connectivity index (χ3v) is 6.08. The maximum absolute atomic E-state index is 12.8. The Labute approximate surface area is 183 Å². The molecule has 32 heavy (non-hydrogen) atoms. The van der Waals surface area contributed by atoms with Crippen LogP contribution in [0.1, 0.15) is 31.7 Å². The van der Waals surface area contributed by atoms with Crippen molar-refractivity contribution in [2.45, 2.75) is 31.7 Å². The number of aromatic amines is 1. The minimum Gasteiger partial charge on any atom is -0.497 e. The first-order valence-corrected chi connectivity index (χ1v) is 10.6. The van der Waals surface area contributed by atoms with E-state index in [0.29, 0.717) is 24.2 Å². The zero-order chi connectivity index (χ0) is 22.1. The molecule has 0 radical (unpaired) electrons. The molecule has 0 atom stereocenters. The Morgan fingerprint density at radius 1 is 1.19 bits per heavy atom. The van der Waals surface area contributed by atoms with Crippen molar-refractivity contribution < 1.29 is 13.9 Å². The van der Waals surface area contributed by atoms with Gasteiger partial charge in [0, 0.05) is 24.2 Å². The Hall–Kier alpha value is -3.88. The number of oxazole rings is 1. The summed E-state index contributed by atoms with van der Waals surface area (Å²) in [5.74, 6) is 0.725. The highest BCUT2D eigenvalue weighted by Gasteiger charge is 2.29. The molecule has 4 aromatic rings. The molecule has 3 heterocycles. The van der Waals surface area contributed by atoms with Gasteiger partial charge >= 0.3 is 5.76 Å². The highest BCUT2D eigenvalue weighted by Crippen LogP contribution is 2.34. The van der Waals surface area contributed by atoms with Crippen molar-refractivity contribution in [1.29, 1.82) is 0 Å². The van der Waals surface area contributed by atoms with E-state index < -0.39 is 0 Å². The summed E-state index contributed by atoms with van der Waals surface area (Å²) in [4.78, 5) is 29.1. The first-order valence-electron chi connectivity index (χ1n) is 10.6. The highest BCUT2D eigenvalue weighted by molar-refractivity contribution is 5.92. The molecule has 0 spiro atoms. The van der Waals surface area contributed by atoms with Crippen molar-refractivity contribution in [2.75, 3.05) is 12.4 Å². The quantitative estimate of drug-likeness (QED) is 0.495. The average molecular weight is 433 g/mol. The summed E-state index contributed by atoms with van der Waals surface area (Å²) in [6.07, 6.45) is 6.04. The van der Waals surface area contributed by atoms with Crippen LogP contribution >= 0.6 is 0 Å². The van der Waals surface area contributed by atoms with Crippen molar-refractivity contribution in [3.63, 3.8) is 0 Å². The van der Waals surface area contributed by atoms with Gasteiger partial charge in [0.05, 0.1) is 24.5 Å². The molecule has 9 heteroatoms. The molecule has 0 saturated heterocycles. The second kappa shape index (κ2) is 8.33. The lowest BCUT2D eigenvalue weighted by Crippen LogP contribution is -2.30. The predicted molar refractivity (Wildman–Crippen MR) is 118 cm³/mol. The highest BCUT2D eigenvalue weighted by atomic mass is 16.5. The van der Waals surface area contributed by atoms with E-state index in [1.165, 1.54) is 0 Å². The third kappa shape index (κ3) is 3.77. The number of H-pyrrole nitrogens is 1. The summed E-state index contributed by atoms with van der Waals surface area (Å²) in [6.45, 7) is 0. The number of aromatic nitrogens is 4. The smallest absolute Gasteiger partial charge is 0.420 e. The molecular weight excluding hydrogens is 410 g/mol. The summed E-state index contributed by atoms with van der Waals surface area (Å²) in [5.41, 5.74) is 3.00. The number of fused-ring (bicyclic) bond motifs is 1. The molecular formula is C23H23N5O4. The van der Waals surface area contributed by atoms with E-state index in [0.717, 1.165) is 35.4 Å². The lowest BCUT2D eigenvalue weighted by atomic mass is 9.85. The number of anilines is 1. The summed E-state index contributed by atoms with van der Waals surface area (Å²) >= 11 is 0. The van der Waals surface area contributed by atoms with Gasteiger partial charge in [-0.2, -0.15) is 5.10 Å². The van der Waals surface area contributed by atoms with E-state index >= 15 is 0 Å². The Balaban J connectivity index is 1.22. The Bertz CT molecular complexity index is 1300. The molecule has 2 N–H and O–H groups in total. The van der Waals surface area contributed by atoms with Gasteiger partial charge in [0.15, 0.2) is 11.4 Å². The summed E-state index contributed by atoms with van der Waals surface area (Å²) in [7, 11) is 1.62. The van der Waals surface area contributed by atoms with Gasteiger partial charge in [-0.25, -0.2) is 4.79 Å². The molecule has 0 aliphatic heterocycles. The molecule has 9 nitrogen and oxygen atoms in total. The lowest BCUT2D eigenvalue weighted by molar-refractivity contribution is -0.121. The molecule has 3 aromatic heterocycles. The topological polar surface area (TPSA) is 115 Å². The van der Waals surface area contributed by atoms with Crippen LogP contribution in [0.5, 0.6) is 5.75 Å². The van der Waals surface area contributed by atoms with E-state index in [2.05, 4.69) is 20.5 Å². The van der Waals surface area contributed by atoms with Gasteiger partial charge in [0.1, 0.15) is 5.75 Å². The monoisotopic (exact) mass is 433 g/mol. The lowest BCUT2D eigenvalue weighted by Gasteiger charge is -2.27. The minimum absolute atomic E-state index is 0.0160. The van der Waals surface area contributed by atoms with E-state index in [1.807, 2.05) is 30.3 Å². The van der Waals surface area contributed by atoms with E-state index in [1.54, 1.807) is 30.1 Å². The van der Waals surface area contributed by atoms with Crippen molar-refractivity contribution in [3.05, 3.63) is 59.3 Å². The number of benzene rings is 1. The number of rotatable bonds is 5. The number of pyridine rings is 1. The van der Waals surface area contributed by atoms with Crippen LogP contribution in [0.2, 0.25) is 0 Å². The van der Waals surface area contributed by atoms with Gasteiger partial charge in [-0.3, -0.25) is 19.4 Å². The third-order valence-electron chi connectivity index (χ3n) is 6.08. The SMILES string of the molecule is COc1ccc(-c2cc(NC(=O)C3CCC(n4c(=O)oc5cnccc54)CC3)n[nH]2)cc1. The Morgan fingerprint density at radius 2 is 1.97 bits per heavy atom. The Morgan fingerprint density at radius 3 is 2.72 bits per heavy atom. The summed E-state index contributed by atoms with van der Waals surface area (Å²) < 4.78 is 12.2. The van der Waals surface area contributed by atoms with Gasteiger partial charge in [-0.05, 0) is 61.6 Å². The molecule has 1 fully saturated rings. The fourth-order valence-electron chi connectivity index (χ4n) is 4.37. The number of carbonyl (C=O) groups excluding carboxylic acids is 1. The number of ether oxygens (including phenoxy) is 1. The van der Waals surface area contributed by atoms with Crippen molar-refractivity contribution in [2.24, 2.45) is 5.92 Å². The van der Waals surface area contributed by atoms with Crippen LogP contribution in [-0.4, -0.2) is 32.8 Å². The zero-order valence-corrected chi connectivity index (χ0v) is 17.6. The van der Waals surface area contributed by atoms with Gasteiger partial charge in [0.25, 0.3) is 0 Å². The van der Waals surface area contributed by atoms with Gasteiger partial charge in [0.2, 0.25) is 5.91 Å². The summed E-state index contributed by atoms with van der Waals surface area (Å²) in [6, 6.07) is 11.2. The number of methoxy groups -OCH3 is 1. The normalized spacial score (nSPS) is 18.5. The van der Waals surface area contributed by atoms with E-state index in [9.17, 15) is 9.59 Å². The van der Waals surface area contributed by atoms with Crippen LogP contribution in [0.15, 0.2) is 58.0 Å². The van der Waals surface area contributed by atoms with Gasteiger partial charge < -0.3 is 14.5 Å². The van der Waals surface area contributed by atoms with Crippen LogP contribution < -0.4 is 15.8 Å². The predicted octanol–water partition coefficient (Wildman–Crippen LogP) is 3.76. The first kappa shape index (κ1) is 20.0. The molecule has 5 rings (SSSR count). The van der Waals surface area contributed by atoms with Gasteiger partial charge in [-0.1, -0.05) is 0 Å². The second-order valence-electron chi connectivity index (χ2n) is 7.97. The molecule has 1 aromatic carbocycles. The molecule has 1 amide bonds. The Kier molecular flexibility index (Phi) is 5.22. The van der Waals surface area contributed by atoms with Crippen LogP contribution in [0.4, 0.5) is 5.82 Å². The molecule has 0 unspecified atom stereocenters. The first-order chi connectivity index (χ1) is 15.6. The second-order valence-corrected chi connectivity index (χ2v) is 7.97. The van der Waals surface area contributed by atoms with Gasteiger partial charge in [-0.15, -0.1) is 0 Å². The number of hydrogen-bond donors (Lipinski definition) is 2. The standard InChI is InChI=1S/C23H23N5O4/c1-31-17-8-4-14(5-9-17)18-12-21(27-26-18)25-22(29)15-2-6-16(7-3-15)28-19-10-11-24-13-20(19)32-23(28)30/h4-5,8-13,15-16H,2-3,6-7H2,1H3,(H2,25,26,27,29). The minimum atomic E-state index is -0.372. The molecule has 164 valence electrons. The molecule has 1 aliphatic rings. The largest absolute Gasteiger partial charge is 0.497 e. The number of nitrogens with zero attached hydrogens (tertiary/aromatic N) is 3. The number of carbonyl (C=O) groups is 1. The number of nitrogens with one attached hydrogen (secondary N) is 2. The zero-order valence-electron chi connectivity index (χ0n) is 17.6. The molecule has 1 aliphatic carbocycles. The number of amides is 1. The van der Waals surface area contributed by atoms with E-state index in [4.69, 9.17) is 9.15 Å². The van der Waals surface area contributed by atoms with Crippen LogP contribution in [0.3, 0.4) is 0 Å². The van der Waals surface area contributed by atoms with Crippen LogP contribution in [0.25, 0.3) is 22.4 Å². The van der Waals surface area contributed by atoms with Crippen LogP contribution in [0, 0.1) is 5.92 Å². The fraction of sp³-hybridized carbons (Fsp3) is 0.304. The molecule has 1 saturated carbocycles. The summed E-state index contributed by atoms with van der Waals surface area (Å²) in [5, 5.41) is 10.1.